The van der Waals surface area contributed by atoms with Crippen LogP contribution in [-0.2, 0) is 0 Å². The summed E-state index contributed by atoms with van der Waals surface area (Å²) < 4.78 is 0. The van der Waals surface area contributed by atoms with Gasteiger partial charge in [-0.15, -0.1) is 0 Å². The first-order chi connectivity index (χ1) is 12.5. The number of hydrogen-bond acceptors (Lipinski definition) is 3. The molecule has 0 aromatic rings. The Morgan fingerprint density at radius 3 is 2.81 bits per heavy atom. The van der Waals surface area contributed by atoms with Gasteiger partial charge in [0.25, 0.3) is 0 Å². The van der Waals surface area contributed by atoms with Crippen molar-refractivity contribution in [2.75, 3.05) is 20.6 Å². The van der Waals surface area contributed by atoms with E-state index in [2.05, 4.69) is 50.2 Å². The van der Waals surface area contributed by atoms with Crippen molar-refractivity contribution >= 4 is 0 Å². The van der Waals surface area contributed by atoms with Gasteiger partial charge in [0.15, 0.2) is 0 Å². The number of aliphatic hydroxyl groups is 2. The lowest BCUT2D eigenvalue weighted by Gasteiger charge is -2.18. The third-order valence-electron chi connectivity index (χ3n) is 5.87. The van der Waals surface area contributed by atoms with E-state index in [0.717, 1.165) is 38.6 Å². The maximum atomic E-state index is 10.4. The van der Waals surface area contributed by atoms with Crippen molar-refractivity contribution in [1.82, 2.24) is 4.90 Å². The zero-order chi connectivity index (χ0) is 18.9. The van der Waals surface area contributed by atoms with Crippen LogP contribution < -0.4 is 0 Å². The Kier molecular flexibility index (Phi) is 9.10. The topological polar surface area (TPSA) is 43.7 Å². The molecule has 2 aliphatic carbocycles. The molecule has 148 valence electrons. The summed E-state index contributed by atoms with van der Waals surface area (Å²) >= 11 is 0. The molecule has 2 rings (SSSR count). The predicted molar refractivity (Wildman–Crippen MR) is 110 cm³/mol. The van der Waals surface area contributed by atoms with Crippen molar-refractivity contribution in [3.05, 3.63) is 36.0 Å². The van der Waals surface area contributed by atoms with E-state index in [-0.39, 0.29) is 18.1 Å². The molecule has 0 aromatic heterocycles. The molecule has 0 amide bonds. The van der Waals surface area contributed by atoms with Gasteiger partial charge in [-0.2, -0.15) is 0 Å². The molecular weight excluding hydrogens is 322 g/mol. The molecule has 5 atom stereocenters. The first-order valence-corrected chi connectivity index (χ1v) is 10.6. The largest absolute Gasteiger partial charge is 0.392 e. The number of hydrogen-bond donors (Lipinski definition) is 2. The van der Waals surface area contributed by atoms with Gasteiger partial charge in [0.05, 0.1) is 12.2 Å². The molecule has 0 aromatic carbocycles. The van der Waals surface area contributed by atoms with Gasteiger partial charge in [0, 0.05) is 5.92 Å². The normalized spacial score (nSPS) is 29.8. The molecule has 1 saturated carbocycles. The highest BCUT2D eigenvalue weighted by Crippen LogP contribution is 2.47. The van der Waals surface area contributed by atoms with Crippen LogP contribution >= 0.6 is 0 Å². The average molecular weight is 362 g/mol. The fourth-order valence-electron chi connectivity index (χ4n) is 4.39. The van der Waals surface area contributed by atoms with Crippen molar-refractivity contribution < 1.29 is 10.2 Å². The Morgan fingerprint density at radius 1 is 1.27 bits per heavy atom. The molecule has 2 aliphatic rings. The lowest BCUT2D eigenvalue weighted by atomic mass is 9.89. The van der Waals surface area contributed by atoms with Crippen LogP contribution in [0.15, 0.2) is 36.0 Å². The van der Waals surface area contributed by atoms with Crippen molar-refractivity contribution in [1.29, 1.82) is 0 Å². The van der Waals surface area contributed by atoms with E-state index >= 15 is 0 Å². The summed E-state index contributed by atoms with van der Waals surface area (Å²) in [5.41, 5.74) is 1.43. The molecule has 0 heterocycles. The summed E-state index contributed by atoms with van der Waals surface area (Å²) in [6.07, 6.45) is 18.9. The quantitative estimate of drug-likeness (QED) is 0.425. The molecule has 0 saturated heterocycles. The molecule has 3 heteroatoms. The molecule has 26 heavy (non-hydrogen) atoms. The maximum Gasteiger partial charge on any atom is 0.0721 e. The minimum Gasteiger partial charge on any atom is -0.392 e. The van der Waals surface area contributed by atoms with Crippen LogP contribution in [0.3, 0.4) is 0 Å². The minimum atomic E-state index is -0.363. The van der Waals surface area contributed by atoms with Crippen LogP contribution in [0.4, 0.5) is 0 Å². The maximum absolute atomic E-state index is 10.4. The van der Waals surface area contributed by atoms with Gasteiger partial charge in [0.1, 0.15) is 0 Å². The summed E-state index contributed by atoms with van der Waals surface area (Å²) in [5, 5.41) is 20.5. The molecular formula is C23H39NO2. The standard InChI is InChI=1S/C23H39NO2/c1-4-5-7-11-20(25)12-13-21-22-16-18(15-19(22)17-23(21)26)10-8-6-9-14-24(2)3/h8,10,12-13,15,19-23,25-26H,4-7,9,11,14,16-17H2,1-3H3/b10-8+,13-12+/t19-,20-,21+,22-,23+/m0/s1. The van der Waals surface area contributed by atoms with Gasteiger partial charge < -0.3 is 15.1 Å². The molecule has 0 radical (unpaired) electrons. The third kappa shape index (κ3) is 6.68. The predicted octanol–water partition coefficient (Wildman–Crippen LogP) is 4.33. The molecule has 3 nitrogen and oxygen atoms in total. The van der Waals surface area contributed by atoms with Gasteiger partial charge in [-0.05, 0) is 64.6 Å². The van der Waals surface area contributed by atoms with E-state index in [1.165, 1.54) is 24.8 Å². The van der Waals surface area contributed by atoms with E-state index < -0.39 is 0 Å². The van der Waals surface area contributed by atoms with Crippen molar-refractivity contribution in [3.63, 3.8) is 0 Å². The highest BCUT2D eigenvalue weighted by Gasteiger charge is 2.42. The summed E-state index contributed by atoms with van der Waals surface area (Å²) in [6, 6.07) is 0. The van der Waals surface area contributed by atoms with Crippen LogP contribution in [0, 0.1) is 17.8 Å². The summed E-state index contributed by atoms with van der Waals surface area (Å²) in [5.74, 6) is 1.19. The van der Waals surface area contributed by atoms with Crippen LogP contribution in [0.5, 0.6) is 0 Å². The van der Waals surface area contributed by atoms with E-state index in [1.807, 2.05) is 6.08 Å². The SMILES string of the molecule is CCCCC[C@H](O)/C=C/[C@@H]1[C@H]2CC(/C=C/CCCN(C)C)=C[C@H]2C[C@H]1O. The fraction of sp³-hybridized carbons (Fsp3) is 0.739. The Morgan fingerprint density at radius 2 is 2.08 bits per heavy atom. The van der Waals surface area contributed by atoms with Crippen LogP contribution in [0.1, 0.15) is 58.3 Å². The summed E-state index contributed by atoms with van der Waals surface area (Å²) in [7, 11) is 4.23. The summed E-state index contributed by atoms with van der Waals surface area (Å²) in [4.78, 5) is 2.22. The van der Waals surface area contributed by atoms with Crippen molar-refractivity contribution in [2.45, 2.75) is 70.5 Å². The highest BCUT2D eigenvalue weighted by molar-refractivity contribution is 5.28. The lowest BCUT2D eigenvalue weighted by Crippen LogP contribution is -2.17. The second kappa shape index (κ2) is 11.1. The number of rotatable bonds is 11. The number of fused-ring (bicyclic) bond motifs is 1. The molecule has 0 aliphatic heterocycles. The van der Waals surface area contributed by atoms with Crippen LogP contribution in [0.25, 0.3) is 0 Å². The first kappa shape index (κ1) is 21.4. The smallest absolute Gasteiger partial charge is 0.0721 e. The average Bonchev–Trinajstić information content (AvgIpc) is 3.09. The second-order valence-corrected chi connectivity index (χ2v) is 8.45. The minimum absolute atomic E-state index is 0.191. The van der Waals surface area contributed by atoms with Gasteiger partial charge in [0.2, 0.25) is 0 Å². The fourth-order valence-corrected chi connectivity index (χ4v) is 4.39. The molecule has 0 bridgehead atoms. The summed E-state index contributed by atoms with van der Waals surface area (Å²) in [6.45, 7) is 3.31. The molecule has 2 N–H and O–H groups in total. The lowest BCUT2D eigenvalue weighted by molar-refractivity contribution is 0.140. The third-order valence-corrected chi connectivity index (χ3v) is 5.87. The number of allylic oxidation sites excluding steroid dienone is 4. The second-order valence-electron chi connectivity index (χ2n) is 8.45. The van der Waals surface area contributed by atoms with Crippen molar-refractivity contribution in [3.8, 4) is 0 Å². The Labute approximate surface area is 160 Å². The van der Waals surface area contributed by atoms with E-state index in [0.29, 0.717) is 11.8 Å². The molecule has 0 spiro atoms. The first-order valence-electron chi connectivity index (χ1n) is 10.6. The zero-order valence-electron chi connectivity index (χ0n) is 17.0. The van der Waals surface area contributed by atoms with E-state index in [1.54, 1.807) is 0 Å². The van der Waals surface area contributed by atoms with E-state index in [4.69, 9.17) is 0 Å². The Balaban J connectivity index is 1.80. The highest BCUT2D eigenvalue weighted by atomic mass is 16.3. The van der Waals surface area contributed by atoms with E-state index in [9.17, 15) is 10.2 Å². The zero-order valence-corrected chi connectivity index (χ0v) is 17.0. The molecule has 0 unspecified atom stereocenters. The Hall–Kier alpha value is -0.900. The van der Waals surface area contributed by atoms with Crippen molar-refractivity contribution in [2.24, 2.45) is 17.8 Å². The van der Waals surface area contributed by atoms with Gasteiger partial charge in [-0.3, -0.25) is 0 Å². The van der Waals surface area contributed by atoms with Gasteiger partial charge in [-0.1, -0.05) is 62.1 Å². The van der Waals surface area contributed by atoms with Crippen LogP contribution in [-0.4, -0.2) is 48.0 Å². The van der Waals surface area contributed by atoms with Gasteiger partial charge >= 0.3 is 0 Å². The number of unbranched alkanes of at least 4 members (excludes halogenated alkanes) is 3. The molecule has 1 fully saturated rings. The Bertz CT molecular complexity index is 494. The monoisotopic (exact) mass is 361 g/mol. The van der Waals surface area contributed by atoms with Gasteiger partial charge in [-0.25, -0.2) is 0 Å². The number of aliphatic hydroxyl groups excluding tert-OH is 2. The number of nitrogens with zero attached hydrogens (tertiary/aromatic N) is 1. The van der Waals surface area contributed by atoms with Crippen LogP contribution in [0.2, 0.25) is 0 Å².